The van der Waals surface area contributed by atoms with Gasteiger partial charge in [-0.1, -0.05) is 0 Å². The van der Waals surface area contributed by atoms with Crippen LogP contribution in [0.4, 0.5) is 17.6 Å². The van der Waals surface area contributed by atoms with E-state index in [1.807, 2.05) is 0 Å². The van der Waals surface area contributed by atoms with E-state index in [9.17, 15) is 35.9 Å². The van der Waals surface area contributed by atoms with E-state index in [4.69, 9.17) is 9.29 Å². The van der Waals surface area contributed by atoms with Crippen molar-refractivity contribution in [2.45, 2.75) is 61.9 Å². The van der Waals surface area contributed by atoms with E-state index in [1.54, 1.807) is 0 Å². The SMILES string of the molecule is O=C(OCCCOC(F)(F)C(F)(F)S(=O)(=O)O)C12CC3CC(CC(O)(C3)C1)C2. The smallest absolute Gasteiger partial charge is 0.459 e. The zero-order valence-corrected chi connectivity index (χ0v) is 15.7. The Bertz CT molecular complexity index is 725. The first-order valence-corrected chi connectivity index (χ1v) is 10.4. The third-order valence-corrected chi connectivity index (χ3v) is 6.82. The molecule has 4 aliphatic rings. The lowest BCUT2D eigenvalue weighted by Gasteiger charge is -2.58. The molecule has 0 aliphatic heterocycles. The van der Waals surface area contributed by atoms with E-state index in [0.717, 1.165) is 6.42 Å². The number of hydrogen-bond acceptors (Lipinski definition) is 6. The Balaban J connectivity index is 1.48. The molecule has 0 spiro atoms. The molecule has 0 aromatic rings. The lowest BCUT2D eigenvalue weighted by Crippen LogP contribution is -2.58. The number of aliphatic hydroxyl groups is 1. The molecular formula is C16H22F4O7S. The van der Waals surface area contributed by atoms with Gasteiger partial charge in [-0.15, -0.1) is 0 Å². The van der Waals surface area contributed by atoms with E-state index in [2.05, 4.69) is 4.74 Å². The van der Waals surface area contributed by atoms with Crippen LogP contribution in [0.25, 0.3) is 0 Å². The second kappa shape index (κ2) is 6.78. The minimum absolute atomic E-state index is 0.239. The highest BCUT2D eigenvalue weighted by Gasteiger charge is 2.67. The van der Waals surface area contributed by atoms with Crippen LogP contribution in [0.15, 0.2) is 0 Å². The molecule has 2 unspecified atom stereocenters. The Morgan fingerprint density at radius 1 is 1.07 bits per heavy atom. The van der Waals surface area contributed by atoms with Crippen molar-refractivity contribution in [2.75, 3.05) is 13.2 Å². The molecule has 4 rings (SSSR count). The molecule has 4 aliphatic carbocycles. The fourth-order valence-corrected chi connectivity index (χ4v) is 5.62. The number of esters is 1. The minimum Gasteiger partial charge on any atom is -0.465 e. The molecule has 2 atom stereocenters. The molecule has 28 heavy (non-hydrogen) atoms. The van der Waals surface area contributed by atoms with Gasteiger partial charge in [0.05, 0.1) is 24.2 Å². The second-order valence-electron chi connectivity index (χ2n) is 8.31. The van der Waals surface area contributed by atoms with Gasteiger partial charge in [-0.25, -0.2) is 0 Å². The summed E-state index contributed by atoms with van der Waals surface area (Å²) in [5.74, 6) is -0.0676. The van der Waals surface area contributed by atoms with Crippen LogP contribution in [-0.2, 0) is 24.4 Å². The molecule has 162 valence electrons. The Morgan fingerprint density at radius 2 is 1.64 bits per heavy atom. The zero-order chi connectivity index (χ0) is 21.0. The van der Waals surface area contributed by atoms with E-state index in [1.165, 1.54) is 0 Å². The van der Waals surface area contributed by atoms with Crippen molar-refractivity contribution >= 4 is 16.1 Å². The first kappa shape index (κ1) is 21.7. The van der Waals surface area contributed by atoms with Gasteiger partial charge in [0.1, 0.15) is 0 Å². The van der Waals surface area contributed by atoms with Crippen molar-refractivity contribution in [3.05, 3.63) is 0 Å². The monoisotopic (exact) mass is 434 g/mol. The van der Waals surface area contributed by atoms with Crippen LogP contribution in [0.5, 0.6) is 0 Å². The van der Waals surface area contributed by atoms with Crippen molar-refractivity contribution in [1.82, 2.24) is 0 Å². The highest BCUT2D eigenvalue weighted by atomic mass is 32.2. The van der Waals surface area contributed by atoms with Crippen LogP contribution in [0.3, 0.4) is 0 Å². The maximum absolute atomic E-state index is 13.2. The molecule has 0 aromatic carbocycles. The van der Waals surface area contributed by atoms with Crippen molar-refractivity contribution in [3.8, 4) is 0 Å². The lowest BCUT2D eigenvalue weighted by atomic mass is 9.48. The lowest BCUT2D eigenvalue weighted by molar-refractivity contribution is -0.318. The van der Waals surface area contributed by atoms with Crippen LogP contribution in [0.2, 0.25) is 0 Å². The van der Waals surface area contributed by atoms with E-state index >= 15 is 0 Å². The third-order valence-electron chi connectivity index (χ3n) is 5.93. The predicted octanol–water partition coefficient (Wildman–Crippen LogP) is 2.34. The Kier molecular flexibility index (Phi) is 5.26. The van der Waals surface area contributed by atoms with Gasteiger partial charge in [0, 0.05) is 6.42 Å². The largest absolute Gasteiger partial charge is 0.465 e. The molecule has 4 saturated carbocycles. The fraction of sp³-hybridized carbons (Fsp3) is 0.938. The van der Waals surface area contributed by atoms with Gasteiger partial charge in [-0.05, 0) is 50.4 Å². The van der Waals surface area contributed by atoms with E-state index in [0.29, 0.717) is 32.1 Å². The maximum Gasteiger partial charge on any atom is 0.459 e. The van der Waals surface area contributed by atoms with Crippen molar-refractivity contribution in [3.63, 3.8) is 0 Å². The summed E-state index contributed by atoms with van der Waals surface area (Å²) in [5, 5.41) is 4.81. The van der Waals surface area contributed by atoms with Gasteiger partial charge < -0.3 is 14.6 Å². The molecule has 0 heterocycles. The number of carbonyl (C=O) groups is 1. The number of hydrogen-bond donors (Lipinski definition) is 2. The Labute approximate surface area is 159 Å². The van der Waals surface area contributed by atoms with Crippen LogP contribution < -0.4 is 0 Å². The predicted molar refractivity (Wildman–Crippen MR) is 85.0 cm³/mol. The molecule has 4 bridgehead atoms. The molecule has 12 heteroatoms. The normalized spacial score (nSPS) is 35.2. The Hall–Kier alpha value is -0.980. The number of alkyl halides is 4. The summed E-state index contributed by atoms with van der Waals surface area (Å²) in [6.45, 7) is -1.41. The standard InChI is InChI=1S/C16H22F4O7S/c17-15(18,16(19,20)28(23,24)25)27-3-1-2-26-12(21)13-5-10-4-11(6-13)8-14(22,7-10)9-13/h10-11,22H,1-9H2,(H,23,24,25). The molecule has 0 amide bonds. The highest BCUT2D eigenvalue weighted by molar-refractivity contribution is 7.86. The zero-order valence-electron chi connectivity index (χ0n) is 14.9. The van der Waals surface area contributed by atoms with Crippen LogP contribution >= 0.6 is 0 Å². The fourth-order valence-electron chi connectivity index (χ4n) is 5.26. The first-order chi connectivity index (χ1) is 12.7. The molecule has 0 saturated heterocycles. The molecule has 0 radical (unpaired) electrons. The van der Waals surface area contributed by atoms with Crippen molar-refractivity contribution in [1.29, 1.82) is 0 Å². The quantitative estimate of drug-likeness (QED) is 0.261. The van der Waals surface area contributed by atoms with Crippen LogP contribution in [-0.4, -0.2) is 54.2 Å². The highest BCUT2D eigenvalue weighted by Crippen LogP contribution is 2.62. The summed E-state index contributed by atoms with van der Waals surface area (Å²) in [4.78, 5) is 12.5. The number of halogens is 4. The molecular weight excluding hydrogens is 412 g/mol. The van der Waals surface area contributed by atoms with Gasteiger partial charge >= 0.3 is 27.5 Å². The van der Waals surface area contributed by atoms with Gasteiger partial charge in [-0.2, -0.15) is 26.0 Å². The summed E-state index contributed by atoms with van der Waals surface area (Å²) in [7, 11) is -6.37. The van der Waals surface area contributed by atoms with E-state index in [-0.39, 0.29) is 24.9 Å². The molecule has 2 N–H and O–H groups in total. The molecule has 0 aromatic heterocycles. The summed E-state index contributed by atoms with van der Waals surface area (Å²) < 4.78 is 90.0. The summed E-state index contributed by atoms with van der Waals surface area (Å²) in [6.07, 6.45) is -2.06. The Morgan fingerprint density at radius 3 is 2.14 bits per heavy atom. The average molecular weight is 434 g/mol. The third kappa shape index (κ3) is 3.75. The average Bonchev–Trinajstić information content (AvgIpc) is 2.50. The molecule has 4 fully saturated rings. The van der Waals surface area contributed by atoms with Crippen molar-refractivity contribution in [2.24, 2.45) is 17.3 Å². The topological polar surface area (TPSA) is 110 Å². The summed E-state index contributed by atoms with van der Waals surface area (Å²) in [6, 6.07) is 0. The van der Waals surface area contributed by atoms with Gasteiger partial charge in [0.15, 0.2) is 0 Å². The minimum atomic E-state index is -6.37. The number of ether oxygens (including phenoxy) is 2. The summed E-state index contributed by atoms with van der Waals surface area (Å²) in [5.41, 5.74) is -1.68. The van der Waals surface area contributed by atoms with Gasteiger partial charge in [-0.3, -0.25) is 9.35 Å². The second-order valence-corrected chi connectivity index (χ2v) is 9.78. The van der Waals surface area contributed by atoms with Gasteiger partial charge in [0.25, 0.3) is 0 Å². The van der Waals surface area contributed by atoms with Crippen molar-refractivity contribution < 1.29 is 49.9 Å². The van der Waals surface area contributed by atoms with Crippen LogP contribution in [0.1, 0.15) is 44.9 Å². The number of rotatable bonds is 8. The first-order valence-electron chi connectivity index (χ1n) is 8.96. The molecule has 7 nitrogen and oxygen atoms in total. The van der Waals surface area contributed by atoms with E-state index < -0.39 is 45.1 Å². The summed E-state index contributed by atoms with van der Waals surface area (Å²) >= 11 is 0. The number of carbonyl (C=O) groups excluding carboxylic acids is 1. The van der Waals surface area contributed by atoms with Gasteiger partial charge in [0.2, 0.25) is 0 Å². The maximum atomic E-state index is 13.2. The van der Waals surface area contributed by atoms with Crippen LogP contribution in [0, 0.1) is 17.3 Å².